The maximum atomic E-state index is 13.5. The number of aryl methyl sites for hydroxylation is 1. The summed E-state index contributed by atoms with van der Waals surface area (Å²) in [4.78, 5) is 0.0890. The van der Waals surface area contributed by atoms with Crippen molar-refractivity contribution in [1.82, 2.24) is 0 Å². The molecule has 0 radical (unpaired) electrons. The summed E-state index contributed by atoms with van der Waals surface area (Å²) in [6.45, 7) is 1.76. The smallest absolute Gasteiger partial charge is 0.126 e. The van der Waals surface area contributed by atoms with Gasteiger partial charge in [0, 0.05) is 9.85 Å². The first-order chi connectivity index (χ1) is 8.56. The fraction of sp³-hybridized carbons (Fsp3) is 0.200. The van der Waals surface area contributed by atoms with Gasteiger partial charge in [0.15, 0.2) is 0 Å². The summed E-state index contributed by atoms with van der Waals surface area (Å²) in [7, 11) is 0. The largest absolute Gasteiger partial charge is 0.207 e. The minimum atomic E-state index is -0.164. The lowest BCUT2D eigenvalue weighted by Crippen LogP contribution is -1.97. The van der Waals surface area contributed by atoms with Gasteiger partial charge in [-0.15, -0.1) is 0 Å². The van der Waals surface area contributed by atoms with E-state index in [0.29, 0.717) is 5.56 Å². The average Bonchev–Trinajstić information content (AvgIpc) is 2.32. The monoisotopic (exact) mass is 326 g/mol. The molecule has 2 aromatic rings. The molecule has 3 heteroatoms. The van der Waals surface area contributed by atoms with E-state index in [-0.39, 0.29) is 10.6 Å². The normalized spacial score (nSPS) is 12.4. The van der Waals surface area contributed by atoms with Crippen LogP contribution >= 0.6 is 27.5 Å². The third kappa shape index (κ3) is 3.33. The Bertz CT molecular complexity index is 554. The molecule has 2 aromatic carbocycles. The van der Waals surface area contributed by atoms with E-state index in [2.05, 4.69) is 15.9 Å². The predicted octanol–water partition coefficient (Wildman–Crippen LogP) is 5.47. The molecule has 0 nitrogen and oxygen atoms in total. The van der Waals surface area contributed by atoms with Gasteiger partial charge in [0.25, 0.3) is 0 Å². The van der Waals surface area contributed by atoms with Crippen LogP contribution in [0.3, 0.4) is 0 Å². The van der Waals surface area contributed by atoms with Crippen LogP contribution in [-0.4, -0.2) is 0 Å². The summed E-state index contributed by atoms with van der Waals surface area (Å²) in [6.07, 6.45) is 0.781. The van der Waals surface area contributed by atoms with Crippen LogP contribution in [0.4, 0.5) is 4.39 Å². The average molecular weight is 328 g/mol. The first-order valence-electron chi connectivity index (χ1n) is 5.71. The first kappa shape index (κ1) is 13.6. The summed E-state index contributed by atoms with van der Waals surface area (Å²) in [5.74, 6) is -0.164. The molecule has 18 heavy (non-hydrogen) atoms. The molecule has 1 atom stereocenters. The van der Waals surface area contributed by atoms with E-state index in [1.807, 2.05) is 30.3 Å². The van der Waals surface area contributed by atoms with Crippen molar-refractivity contribution in [3.8, 4) is 0 Å². The van der Waals surface area contributed by atoms with Gasteiger partial charge < -0.3 is 0 Å². The lowest BCUT2D eigenvalue weighted by molar-refractivity contribution is 0.615. The van der Waals surface area contributed by atoms with Crippen LogP contribution in [0.2, 0.25) is 5.02 Å². The van der Waals surface area contributed by atoms with Crippen LogP contribution in [0.25, 0.3) is 0 Å². The number of rotatable bonds is 3. The van der Waals surface area contributed by atoms with E-state index in [9.17, 15) is 4.39 Å². The Balaban J connectivity index is 2.16. The fourth-order valence-electron chi connectivity index (χ4n) is 1.79. The van der Waals surface area contributed by atoms with Gasteiger partial charge in [-0.2, -0.15) is 0 Å². The maximum absolute atomic E-state index is 13.5. The van der Waals surface area contributed by atoms with Crippen LogP contribution < -0.4 is 0 Å². The topological polar surface area (TPSA) is 0 Å². The summed E-state index contributed by atoms with van der Waals surface area (Å²) in [6, 6.07) is 13.1. The Morgan fingerprint density at radius 3 is 2.67 bits per heavy atom. The highest BCUT2D eigenvalue weighted by Gasteiger charge is 2.10. The molecule has 1 unspecified atom stereocenters. The van der Waals surface area contributed by atoms with Crippen molar-refractivity contribution < 1.29 is 4.39 Å². The molecule has 0 spiro atoms. The first-order valence-corrected chi connectivity index (χ1v) is 7.00. The van der Waals surface area contributed by atoms with Crippen molar-refractivity contribution in [2.75, 3.05) is 0 Å². The standard InChI is InChI=1S/C15H13BrClF/c1-10-5-6-12(9-15(10)18)14(16)8-11-3-2-4-13(17)7-11/h2-7,9,14H,8H2,1H3. The molecule has 0 aliphatic carbocycles. The lowest BCUT2D eigenvalue weighted by atomic mass is 10.0. The summed E-state index contributed by atoms with van der Waals surface area (Å²) < 4.78 is 13.5. The van der Waals surface area contributed by atoms with Crippen LogP contribution in [-0.2, 0) is 6.42 Å². The second kappa shape index (κ2) is 5.85. The van der Waals surface area contributed by atoms with Crippen LogP contribution in [0.1, 0.15) is 21.5 Å². The quantitative estimate of drug-likeness (QED) is 0.656. The molecular weight excluding hydrogens is 315 g/mol. The third-order valence-corrected chi connectivity index (χ3v) is 3.95. The molecule has 0 amide bonds. The molecule has 0 saturated heterocycles. The van der Waals surface area contributed by atoms with Crippen LogP contribution in [0.15, 0.2) is 42.5 Å². The molecule has 0 saturated carbocycles. The van der Waals surface area contributed by atoms with E-state index >= 15 is 0 Å². The number of alkyl halides is 1. The van der Waals surface area contributed by atoms with E-state index < -0.39 is 0 Å². The van der Waals surface area contributed by atoms with Crippen molar-refractivity contribution >= 4 is 27.5 Å². The minimum absolute atomic E-state index is 0.0890. The number of hydrogen-bond donors (Lipinski definition) is 0. The Hall–Kier alpha value is -0.860. The number of benzene rings is 2. The number of hydrogen-bond acceptors (Lipinski definition) is 0. The molecule has 0 aliphatic heterocycles. The van der Waals surface area contributed by atoms with Gasteiger partial charge in [-0.1, -0.05) is 51.8 Å². The molecule has 0 N–H and O–H groups in total. The van der Waals surface area contributed by atoms with E-state index in [1.54, 1.807) is 19.1 Å². The van der Waals surface area contributed by atoms with Gasteiger partial charge >= 0.3 is 0 Å². The van der Waals surface area contributed by atoms with Crippen molar-refractivity contribution in [3.63, 3.8) is 0 Å². The molecule has 2 rings (SSSR count). The van der Waals surface area contributed by atoms with Gasteiger partial charge in [0.1, 0.15) is 5.82 Å². The van der Waals surface area contributed by atoms with E-state index in [4.69, 9.17) is 11.6 Å². The Morgan fingerprint density at radius 1 is 1.22 bits per heavy atom. The van der Waals surface area contributed by atoms with Crippen molar-refractivity contribution in [2.45, 2.75) is 18.2 Å². The van der Waals surface area contributed by atoms with Gasteiger partial charge in [-0.25, -0.2) is 4.39 Å². The van der Waals surface area contributed by atoms with Crippen molar-refractivity contribution in [3.05, 3.63) is 70.0 Å². The van der Waals surface area contributed by atoms with Crippen molar-refractivity contribution in [1.29, 1.82) is 0 Å². The van der Waals surface area contributed by atoms with Crippen LogP contribution in [0.5, 0.6) is 0 Å². The molecule has 0 aliphatic rings. The number of halogens is 3. The zero-order chi connectivity index (χ0) is 13.1. The summed E-state index contributed by atoms with van der Waals surface area (Å²) in [5.41, 5.74) is 2.74. The van der Waals surface area contributed by atoms with Gasteiger partial charge in [0.05, 0.1) is 0 Å². The zero-order valence-corrected chi connectivity index (χ0v) is 12.3. The second-order valence-electron chi connectivity index (χ2n) is 4.31. The highest BCUT2D eigenvalue weighted by Crippen LogP contribution is 2.28. The van der Waals surface area contributed by atoms with Gasteiger partial charge in [0.2, 0.25) is 0 Å². The molecule has 0 bridgehead atoms. The van der Waals surface area contributed by atoms with E-state index in [1.165, 1.54) is 0 Å². The minimum Gasteiger partial charge on any atom is -0.207 e. The third-order valence-electron chi connectivity index (χ3n) is 2.86. The molecule has 0 fully saturated rings. The highest BCUT2D eigenvalue weighted by atomic mass is 79.9. The predicted molar refractivity (Wildman–Crippen MR) is 78.0 cm³/mol. The Labute approximate surface area is 120 Å². The second-order valence-corrected chi connectivity index (χ2v) is 5.85. The lowest BCUT2D eigenvalue weighted by Gasteiger charge is -2.11. The van der Waals surface area contributed by atoms with E-state index in [0.717, 1.165) is 22.6 Å². The highest BCUT2D eigenvalue weighted by molar-refractivity contribution is 9.09. The fourth-order valence-corrected chi connectivity index (χ4v) is 2.66. The van der Waals surface area contributed by atoms with Crippen molar-refractivity contribution in [2.24, 2.45) is 0 Å². The Kier molecular flexibility index (Phi) is 4.41. The molecule has 0 aromatic heterocycles. The zero-order valence-electron chi connectivity index (χ0n) is 9.96. The summed E-state index contributed by atoms with van der Waals surface area (Å²) >= 11 is 9.54. The molecule has 0 heterocycles. The van der Waals surface area contributed by atoms with Crippen LogP contribution in [0, 0.1) is 12.7 Å². The molecular formula is C15H13BrClF. The SMILES string of the molecule is Cc1ccc(C(Br)Cc2cccc(Cl)c2)cc1F. The molecule has 94 valence electrons. The Morgan fingerprint density at radius 2 is 2.00 bits per heavy atom. The van der Waals surface area contributed by atoms with Gasteiger partial charge in [-0.3, -0.25) is 0 Å². The van der Waals surface area contributed by atoms with Gasteiger partial charge in [-0.05, 0) is 48.2 Å². The maximum Gasteiger partial charge on any atom is 0.126 e. The summed E-state index contributed by atoms with van der Waals surface area (Å²) in [5, 5.41) is 0.724.